The molecule has 0 aliphatic rings. The summed E-state index contributed by atoms with van der Waals surface area (Å²) in [5, 5.41) is 0. The molecule has 0 fully saturated rings. The topological polar surface area (TPSA) is 80.5 Å². The molecule has 0 spiro atoms. The third kappa shape index (κ3) is 4.35. The van der Waals surface area contributed by atoms with Gasteiger partial charge in [0, 0.05) is 17.5 Å². The zero-order valence-electron chi connectivity index (χ0n) is 14.9. The summed E-state index contributed by atoms with van der Waals surface area (Å²) in [6, 6.07) is 23.0. The second-order valence-corrected chi connectivity index (χ2v) is 8.21. The number of hydrogen-bond donors (Lipinski definition) is 1. The number of hydrogen-bond acceptors (Lipinski definition) is 3. The Kier molecular flexibility index (Phi) is 5.28. The number of anilines is 1. The van der Waals surface area contributed by atoms with Gasteiger partial charge in [0.05, 0.1) is 11.4 Å². The summed E-state index contributed by atoms with van der Waals surface area (Å²) in [5.41, 5.74) is 8.54. The van der Waals surface area contributed by atoms with Crippen LogP contribution in [-0.4, -0.2) is 20.7 Å². The lowest BCUT2D eigenvalue weighted by Crippen LogP contribution is -2.35. The van der Waals surface area contributed by atoms with Gasteiger partial charge in [-0.05, 0) is 29.3 Å². The van der Waals surface area contributed by atoms with E-state index in [-0.39, 0.29) is 4.90 Å². The van der Waals surface area contributed by atoms with E-state index in [0.717, 1.165) is 11.1 Å². The van der Waals surface area contributed by atoms with Gasteiger partial charge in [0.2, 0.25) is 0 Å². The van der Waals surface area contributed by atoms with E-state index in [1.165, 1.54) is 11.2 Å². The Morgan fingerprint density at radius 2 is 1.48 bits per heavy atom. The molecular weight excluding hydrogens is 360 g/mol. The molecule has 0 bridgehead atoms. The molecule has 27 heavy (non-hydrogen) atoms. The molecule has 0 aliphatic carbocycles. The van der Waals surface area contributed by atoms with Crippen LogP contribution in [0.25, 0.3) is 11.1 Å². The van der Waals surface area contributed by atoms with Gasteiger partial charge in [-0.1, -0.05) is 60.7 Å². The standard InChI is InChI=1S/C21H20N2O3S/c1-27(25,26)20-10-6-5-9-19(20)17-11-13-18(14-12-17)23(21(22)24)15-16-7-3-2-4-8-16/h2-14H,15H2,1H3,(H2,22,24). The maximum absolute atomic E-state index is 12.0. The predicted octanol–water partition coefficient (Wildman–Crippen LogP) is 3.84. The summed E-state index contributed by atoms with van der Waals surface area (Å²) in [5.74, 6) is 0. The van der Waals surface area contributed by atoms with Crippen molar-refractivity contribution in [2.75, 3.05) is 11.2 Å². The highest BCUT2D eigenvalue weighted by Crippen LogP contribution is 2.29. The van der Waals surface area contributed by atoms with Crippen molar-refractivity contribution < 1.29 is 13.2 Å². The van der Waals surface area contributed by atoms with Gasteiger partial charge in [-0.25, -0.2) is 13.2 Å². The highest BCUT2D eigenvalue weighted by molar-refractivity contribution is 7.90. The van der Waals surface area contributed by atoms with Crippen molar-refractivity contribution in [1.29, 1.82) is 0 Å². The van der Waals surface area contributed by atoms with E-state index in [0.29, 0.717) is 17.8 Å². The average molecular weight is 380 g/mol. The molecule has 3 rings (SSSR count). The minimum Gasteiger partial charge on any atom is -0.351 e. The van der Waals surface area contributed by atoms with Crippen LogP contribution in [0.2, 0.25) is 0 Å². The first kappa shape index (κ1) is 18.7. The van der Waals surface area contributed by atoms with Gasteiger partial charge < -0.3 is 5.73 Å². The smallest absolute Gasteiger partial charge is 0.319 e. The zero-order valence-corrected chi connectivity index (χ0v) is 15.7. The van der Waals surface area contributed by atoms with Crippen LogP contribution in [0.3, 0.4) is 0 Å². The van der Waals surface area contributed by atoms with Crippen molar-refractivity contribution in [3.05, 3.63) is 84.4 Å². The van der Waals surface area contributed by atoms with Crippen LogP contribution in [0.5, 0.6) is 0 Å². The molecule has 3 aromatic rings. The lowest BCUT2D eigenvalue weighted by molar-refractivity contribution is 0.253. The third-order valence-electron chi connectivity index (χ3n) is 4.23. The minimum absolute atomic E-state index is 0.272. The Balaban J connectivity index is 1.94. The lowest BCUT2D eigenvalue weighted by Gasteiger charge is -2.21. The van der Waals surface area contributed by atoms with Gasteiger partial charge >= 0.3 is 6.03 Å². The summed E-state index contributed by atoms with van der Waals surface area (Å²) >= 11 is 0. The number of urea groups is 1. The van der Waals surface area contributed by atoms with Crippen molar-refractivity contribution >= 4 is 21.6 Å². The quantitative estimate of drug-likeness (QED) is 0.730. The number of nitrogens with two attached hydrogens (primary N) is 1. The fraction of sp³-hybridized carbons (Fsp3) is 0.0952. The lowest BCUT2D eigenvalue weighted by atomic mass is 10.0. The van der Waals surface area contributed by atoms with Crippen LogP contribution in [0.4, 0.5) is 10.5 Å². The van der Waals surface area contributed by atoms with E-state index in [1.54, 1.807) is 48.5 Å². The van der Waals surface area contributed by atoms with Crippen molar-refractivity contribution in [2.45, 2.75) is 11.4 Å². The normalized spacial score (nSPS) is 11.1. The number of primary amides is 1. The largest absolute Gasteiger partial charge is 0.351 e. The molecule has 138 valence electrons. The SMILES string of the molecule is CS(=O)(=O)c1ccccc1-c1ccc(N(Cc2ccccc2)C(N)=O)cc1. The Morgan fingerprint density at radius 3 is 2.07 bits per heavy atom. The van der Waals surface area contributed by atoms with Crippen LogP contribution < -0.4 is 10.6 Å². The second-order valence-electron chi connectivity index (χ2n) is 6.23. The first-order valence-corrected chi connectivity index (χ1v) is 10.3. The maximum atomic E-state index is 12.0. The fourth-order valence-electron chi connectivity index (χ4n) is 2.91. The van der Waals surface area contributed by atoms with E-state index >= 15 is 0 Å². The maximum Gasteiger partial charge on any atom is 0.319 e. The number of benzene rings is 3. The third-order valence-corrected chi connectivity index (χ3v) is 5.38. The Labute approximate surface area is 159 Å². The van der Waals surface area contributed by atoms with Gasteiger partial charge in [-0.15, -0.1) is 0 Å². The van der Waals surface area contributed by atoms with Gasteiger partial charge in [0.25, 0.3) is 0 Å². The predicted molar refractivity (Wildman–Crippen MR) is 107 cm³/mol. The molecule has 3 aromatic carbocycles. The number of nitrogens with zero attached hydrogens (tertiary/aromatic N) is 1. The van der Waals surface area contributed by atoms with Crippen LogP contribution in [0.1, 0.15) is 5.56 Å². The first-order chi connectivity index (χ1) is 12.9. The van der Waals surface area contributed by atoms with Gasteiger partial charge in [0.15, 0.2) is 9.84 Å². The number of carbonyl (C=O) groups excluding carboxylic acids is 1. The highest BCUT2D eigenvalue weighted by Gasteiger charge is 2.16. The molecule has 0 aromatic heterocycles. The van der Waals surface area contributed by atoms with Crippen molar-refractivity contribution in [2.24, 2.45) is 5.73 Å². The van der Waals surface area contributed by atoms with Crippen molar-refractivity contribution in [3.63, 3.8) is 0 Å². The van der Waals surface area contributed by atoms with Gasteiger partial charge in [-0.3, -0.25) is 4.90 Å². The molecular formula is C21H20N2O3S. The fourth-order valence-corrected chi connectivity index (χ4v) is 3.82. The van der Waals surface area contributed by atoms with Crippen LogP contribution in [-0.2, 0) is 16.4 Å². The molecule has 0 heterocycles. The Bertz CT molecular complexity index is 1050. The Hall–Kier alpha value is -3.12. The molecule has 6 heteroatoms. The molecule has 5 nitrogen and oxygen atoms in total. The molecule has 0 radical (unpaired) electrons. The molecule has 2 N–H and O–H groups in total. The van der Waals surface area contributed by atoms with Crippen molar-refractivity contribution in [1.82, 2.24) is 0 Å². The molecule has 0 saturated heterocycles. The minimum atomic E-state index is -3.35. The first-order valence-electron chi connectivity index (χ1n) is 8.36. The summed E-state index contributed by atoms with van der Waals surface area (Å²) < 4.78 is 24.1. The molecule has 0 unspecified atom stereocenters. The second kappa shape index (κ2) is 7.63. The number of sulfone groups is 1. The molecule has 0 saturated carbocycles. The van der Waals surface area contributed by atoms with Crippen LogP contribution in [0.15, 0.2) is 83.8 Å². The molecule has 0 atom stereocenters. The molecule has 2 amide bonds. The van der Waals surface area contributed by atoms with Crippen molar-refractivity contribution in [3.8, 4) is 11.1 Å². The molecule has 0 aliphatic heterocycles. The zero-order chi connectivity index (χ0) is 19.4. The van der Waals surface area contributed by atoms with E-state index in [2.05, 4.69) is 0 Å². The van der Waals surface area contributed by atoms with E-state index in [1.807, 2.05) is 30.3 Å². The van der Waals surface area contributed by atoms with Crippen LogP contribution >= 0.6 is 0 Å². The summed E-state index contributed by atoms with van der Waals surface area (Å²) in [4.78, 5) is 13.7. The monoisotopic (exact) mass is 380 g/mol. The summed E-state index contributed by atoms with van der Waals surface area (Å²) in [7, 11) is -3.35. The van der Waals surface area contributed by atoms with E-state index in [9.17, 15) is 13.2 Å². The highest BCUT2D eigenvalue weighted by atomic mass is 32.2. The van der Waals surface area contributed by atoms with E-state index in [4.69, 9.17) is 5.73 Å². The summed E-state index contributed by atoms with van der Waals surface area (Å²) in [6.07, 6.45) is 1.19. The van der Waals surface area contributed by atoms with E-state index < -0.39 is 15.9 Å². The number of carbonyl (C=O) groups is 1. The average Bonchev–Trinajstić information content (AvgIpc) is 2.66. The van der Waals surface area contributed by atoms with Gasteiger partial charge in [0.1, 0.15) is 0 Å². The number of rotatable bonds is 5. The summed E-state index contributed by atoms with van der Waals surface area (Å²) in [6.45, 7) is 0.357. The Morgan fingerprint density at radius 1 is 0.889 bits per heavy atom. The van der Waals surface area contributed by atoms with Crippen LogP contribution in [0, 0.1) is 0 Å². The number of amides is 2. The van der Waals surface area contributed by atoms with Gasteiger partial charge in [-0.2, -0.15) is 0 Å².